The van der Waals surface area contributed by atoms with Gasteiger partial charge >= 0.3 is 6.18 Å². The average molecular weight is 302 g/mol. The molecule has 106 valence electrons. The molecule has 2 aromatic rings. The lowest BCUT2D eigenvalue weighted by atomic mass is 10.4. The minimum Gasteiger partial charge on any atom is -0.384 e. The van der Waals surface area contributed by atoms with Crippen LogP contribution in [0.25, 0.3) is 0 Å². The molecule has 2 aromatic heterocycles. The van der Waals surface area contributed by atoms with Gasteiger partial charge in [-0.25, -0.2) is 9.97 Å². The Morgan fingerprint density at radius 3 is 2.70 bits per heavy atom. The normalized spacial score (nSPS) is 11.6. The number of pyridine rings is 1. The molecule has 0 unspecified atom stereocenters. The molecule has 9 heteroatoms. The van der Waals surface area contributed by atoms with Gasteiger partial charge in [0.15, 0.2) is 10.9 Å². The topological polar surface area (TPSA) is 84.7 Å². The van der Waals surface area contributed by atoms with Crippen molar-refractivity contribution in [3.63, 3.8) is 0 Å². The molecule has 0 atom stereocenters. The van der Waals surface area contributed by atoms with Crippen molar-refractivity contribution in [2.45, 2.75) is 17.1 Å². The Bertz CT molecular complexity index is 671. The summed E-state index contributed by atoms with van der Waals surface area (Å²) in [5, 5.41) is -0.117. The third kappa shape index (κ3) is 3.73. The summed E-state index contributed by atoms with van der Waals surface area (Å²) in [6, 6.07) is 5.37. The first-order valence-corrected chi connectivity index (χ1v) is 6.36. The van der Waals surface area contributed by atoms with E-state index < -0.39 is 17.4 Å². The average Bonchev–Trinajstić information content (AvgIpc) is 2.35. The number of aromatic nitrogens is 3. The molecule has 0 saturated carbocycles. The summed E-state index contributed by atoms with van der Waals surface area (Å²) >= 11 is 0.942. The van der Waals surface area contributed by atoms with E-state index in [2.05, 4.69) is 15.0 Å². The van der Waals surface area contributed by atoms with Gasteiger partial charge in [0.05, 0.1) is 5.69 Å². The molecule has 0 radical (unpaired) electrons. The summed E-state index contributed by atoms with van der Waals surface area (Å²) in [5.41, 5.74) is 4.00. The number of rotatable bonds is 3. The first kappa shape index (κ1) is 14.4. The van der Waals surface area contributed by atoms with Crippen molar-refractivity contribution >= 4 is 17.6 Å². The van der Waals surface area contributed by atoms with Gasteiger partial charge in [0.2, 0.25) is 0 Å². The van der Waals surface area contributed by atoms with Crippen LogP contribution in [0.3, 0.4) is 0 Å². The van der Waals surface area contributed by atoms with E-state index in [0.29, 0.717) is 17.6 Å². The smallest absolute Gasteiger partial charge is 0.384 e. The molecule has 0 aliphatic heterocycles. The fraction of sp³-hybridized carbons (Fsp3) is 0.182. The molecule has 0 amide bonds. The van der Waals surface area contributed by atoms with E-state index in [-0.39, 0.29) is 10.9 Å². The lowest BCUT2D eigenvalue weighted by molar-refractivity contribution is -0.141. The SMILES string of the molecule is Nc1cccc(CSc2nc(C(F)(F)F)cc(=O)[nH]2)n1. The molecule has 3 N–H and O–H groups in total. The Balaban J connectivity index is 2.18. The van der Waals surface area contributed by atoms with Gasteiger partial charge in [-0.3, -0.25) is 4.79 Å². The summed E-state index contributed by atoms with van der Waals surface area (Å²) in [6.07, 6.45) is -4.65. The number of hydrogen-bond acceptors (Lipinski definition) is 5. The minimum absolute atomic E-state index is 0.117. The van der Waals surface area contributed by atoms with Crippen LogP contribution in [-0.2, 0) is 11.9 Å². The predicted molar refractivity (Wildman–Crippen MR) is 68.1 cm³/mol. The number of hydrogen-bond donors (Lipinski definition) is 2. The van der Waals surface area contributed by atoms with Gasteiger partial charge in [-0.15, -0.1) is 0 Å². The number of aromatic amines is 1. The van der Waals surface area contributed by atoms with Crippen molar-refractivity contribution < 1.29 is 13.2 Å². The predicted octanol–water partition coefficient (Wildman–Crippen LogP) is 2.06. The second kappa shape index (κ2) is 5.53. The summed E-state index contributed by atoms with van der Waals surface area (Å²) in [4.78, 5) is 20.8. The summed E-state index contributed by atoms with van der Waals surface area (Å²) in [6.45, 7) is 0. The number of thioether (sulfide) groups is 1. The molecule has 0 aliphatic carbocycles. The Morgan fingerprint density at radius 1 is 1.30 bits per heavy atom. The number of halogens is 3. The van der Waals surface area contributed by atoms with Gasteiger partial charge in [-0.05, 0) is 12.1 Å². The second-order valence-electron chi connectivity index (χ2n) is 3.78. The third-order valence-corrected chi connectivity index (χ3v) is 3.10. The third-order valence-electron chi connectivity index (χ3n) is 2.20. The van der Waals surface area contributed by atoms with Crippen LogP contribution in [-0.4, -0.2) is 15.0 Å². The van der Waals surface area contributed by atoms with Crippen LogP contribution in [0.2, 0.25) is 0 Å². The molecule has 0 fully saturated rings. The van der Waals surface area contributed by atoms with Crippen molar-refractivity contribution in [2.75, 3.05) is 5.73 Å². The molecule has 0 aromatic carbocycles. The van der Waals surface area contributed by atoms with Crippen molar-refractivity contribution in [1.82, 2.24) is 15.0 Å². The standard InChI is InChI=1S/C11H9F3N4OS/c12-11(13,14)7-4-9(19)18-10(17-7)20-5-6-2-1-3-8(15)16-6/h1-4H,5H2,(H2,15,16)(H,17,18,19). The van der Waals surface area contributed by atoms with E-state index in [1.807, 2.05) is 0 Å². The summed E-state index contributed by atoms with van der Waals surface area (Å²) in [5.74, 6) is 0.559. The van der Waals surface area contributed by atoms with E-state index in [9.17, 15) is 18.0 Å². The Kier molecular flexibility index (Phi) is 3.98. The van der Waals surface area contributed by atoms with Crippen molar-refractivity contribution in [3.05, 3.63) is 46.0 Å². The first-order valence-electron chi connectivity index (χ1n) is 5.37. The molecule has 0 aliphatic rings. The van der Waals surface area contributed by atoms with Crippen LogP contribution >= 0.6 is 11.8 Å². The van der Waals surface area contributed by atoms with Crippen molar-refractivity contribution in [2.24, 2.45) is 0 Å². The van der Waals surface area contributed by atoms with E-state index in [1.165, 1.54) is 0 Å². The molecule has 0 bridgehead atoms. The van der Waals surface area contributed by atoms with Crippen LogP contribution in [0.15, 0.2) is 34.2 Å². The van der Waals surface area contributed by atoms with Crippen LogP contribution in [0.1, 0.15) is 11.4 Å². The Hall–Kier alpha value is -2.03. The van der Waals surface area contributed by atoms with E-state index in [1.54, 1.807) is 18.2 Å². The highest BCUT2D eigenvalue weighted by atomic mass is 32.2. The number of nitrogens with one attached hydrogen (secondary N) is 1. The Morgan fingerprint density at radius 2 is 2.05 bits per heavy atom. The quantitative estimate of drug-likeness (QED) is 0.669. The molecule has 20 heavy (non-hydrogen) atoms. The zero-order valence-electron chi connectivity index (χ0n) is 9.94. The van der Waals surface area contributed by atoms with Gasteiger partial charge in [0.1, 0.15) is 5.82 Å². The van der Waals surface area contributed by atoms with Gasteiger partial charge in [0, 0.05) is 11.8 Å². The van der Waals surface area contributed by atoms with Gasteiger partial charge < -0.3 is 10.7 Å². The van der Waals surface area contributed by atoms with Crippen LogP contribution in [0, 0.1) is 0 Å². The van der Waals surface area contributed by atoms with Gasteiger partial charge in [-0.2, -0.15) is 13.2 Å². The highest BCUT2D eigenvalue weighted by Crippen LogP contribution is 2.28. The molecular formula is C11H9F3N4OS. The van der Waals surface area contributed by atoms with Crippen molar-refractivity contribution in [3.8, 4) is 0 Å². The Labute approximate surface area is 115 Å². The molecule has 2 rings (SSSR count). The second-order valence-corrected chi connectivity index (χ2v) is 4.74. The maximum Gasteiger partial charge on any atom is 0.433 e. The summed E-state index contributed by atoms with van der Waals surface area (Å²) < 4.78 is 37.5. The molecular weight excluding hydrogens is 293 g/mol. The van der Waals surface area contributed by atoms with Crippen LogP contribution in [0.5, 0.6) is 0 Å². The highest BCUT2D eigenvalue weighted by Gasteiger charge is 2.33. The molecule has 0 saturated heterocycles. The number of alkyl halides is 3. The highest BCUT2D eigenvalue weighted by molar-refractivity contribution is 7.98. The molecule has 0 spiro atoms. The lowest BCUT2D eigenvalue weighted by Crippen LogP contribution is -2.16. The van der Waals surface area contributed by atoms with E-state index in [4.69, 9.17) is 5.73 Å². The summed E-state index contributed by atoms with van der Waals surface area (Å²) in [7, 11) is 0. The number of nitrogen functional groups attached to an aromatic ring is 1. The number of nitrogens with zero attached hydrogens (tertiary/aromatic N) is 2. The van der Waals surface area contributed by atoms with E-state index >= 15 is 0 Å². The van der Waals surface area contributed by atoms with E-state index in [0.717, 1.165) is 11.8 Å². The lowest BCUT2D eigenvalue weighted by Gasteiger charge is -2.07. The maximum atomic E-state index is 12.5. The molecule has 2 heterocycles. The van der Waals surface area contributed by atoms with Gasteiger partial charge in [0.25, 0.3) is 5.56 Å². The molecule has 5 nitrogen and oxygen atoms in total. The maximum absolute atomic E-state index is 12.5. The number of H-pyrrole nitrogens is 1. The largest absolute Gasteiger partial charge is 0.433 e. The monoisotopic (exact) mass is 302 g/mol. The van der Waals surface area contributed by atoms with Crippen molar-refractivity contribution in [1.29, 1.82) is 0 Å². The van der Waals surface area contributed by atoms with Crippen LogP contribution in [0.4, 0.5) is 19.0 Å². The zero-order chi connectivity index (χ0) is 14.8. The zero-order valence-corrected chi connectivity index (χ0v) is 10.8. The number of anilines is 1. The fourth-order valence-electron chi connectivity index (χ4n) is 1.37. The van der Waals surface area contributed by atoms with Crippen LogP contribution < -0.4 is 11.3 Å². The number of nitrogens with two attached hydrogens (primary N) is 1. The van der Waals surface area contributed by atoms with Gasteiger partial charge in [-0.1, -0.05) is 17.8 Å². The minimum atomic E-state index is -4.65. The fourth-order valence-corrected chi connectivity index (χ4v) is 2.15. The first-order chi connectivity index (χ1) is 9.34.